The predicted octanol–water partition coefficient (Wildman–Crippen LogP) is 4.79. The number of hydrogen-bond donors (Lipinski definition) is 1. The van der Waals surface area contributed by atoms with Crippen molar-refractivity contribution in [2.75, 3.05) is 0 Å². The Labute approximate surface area is 199 Å². The molecular formula is C26H31N7O. The van der Waals surface area contributed by atoms with Crippen LogP contribution in [0.4, 0.5) is 0 Å². The highest BCUT2D eigenvalue weighted by molar-refractivity contribution is 5.78. The lowest BCUT2D eigenvalue weighted by molar-refractivity contribution is 0.344. The maximum Gasteiger partial charge on any atom is 0.328 e. The number of tetrazole rings is 1. The lowest BCUT2D eigenvalue weighted by Crippen LogP contribution is -2.29. The topological polar surface area (TPSA) is 94.3 Å². The van der Waals surface area contributed by atoms with Gasteiger partial charge in [-0.15, -0.1) is 5.10 Å². The van der Waals surface area contributed by atoms with Crippen LogP contribution in [-0.2, 0) is 13.0 Å². The van der Waals surface area contributed by atoms with Crippen LogP contribution in [0.25, 0.3) is 22.6 Å². The molecule has 1 saturated carbocycles. The van der Waals surface area contributed by atoms with Gasteiger partial charge < -0.3 is 0 Å². The standard InChI is InChI=1S/C26H31N7O/c1-2-3-9-21-18-33(20-10-5-4-6-11-20)26(34)32(21)17-19-14-15-24(27-16-19)22-12-7-8-13-23(22)25-28-30-31-29-25/h7-8,12-16,18,20H,2-6,9-11,17H2,1H3,(H,28,29,30,31). The average molecular weight is 458 g/mol. The summed E-state index contributed by atoms with van der Waals surface area (Å²) < 4.78 is 3.96. The van der Waals surface area contributed by atoms with Crippen LogP contribution in [0.15, 0.2) is 53.6 Å². The SMILES string of the molecule is CCCCc1cn(C2CCCCC2)c(=O)n1Cc1ccc(-c2ccccc2-c2nnn[nH]2)nc1. The number of aromatic nitrogens is 7. The monoisotopic (exact) mass is 457 g/mol. The van der Waals surface area contributed by atoms with Gasteiger partial charge in [0.25, 0.3) is 0 Å². The largest absolute Gasteiger partial charge is 0.328 e. The Morgan fingerprint density at radius 1 is 1.06 bits per heavy atom. The van der Waals surface area contributed by atoms with Gasteiger partial charge in [0.05, 0.1) is 12.2 Å². The van der Waals surface area contributed by atoms with Crippen molar-refractivity contribution < 1.29 is 0 Å². The Balaban J connectivity index is 1.42. The molecule has 0 spiro atoms. The number of aryl methyl sites for hydroxylation is 1. The van der Waals surface area contributed by atoms with Gasteiger partial charge in [-0.05, 0) is 47.7 Å². The Kier molecular flexibility index (Phi) is 6.65. The van der Waals surface area contributed by atoms with E-state index in [1.807, 2.05) is 45.7 Å². The number of hydrogen-bond acceptors (Lipinski definition) is 5. The van der Waals surface area contributed by atoms with Crippen LogP contribution in [-0.4, -0.2) is 34.7 Å². The highest BCUT2D eigenvalue weighted by Gasteiger charge is 2.21. The van der Waals surface area contributed by atoms with Crippen LogP contribution in [0.2, 0.25) is 0 Å². The van der Waals surface area contributed by atoms with Gasteiger partial charge >= 0.3 is 5.69 Å². The zero-order valence-electron chi connectivity index (χ0n) is 19.7. The normalized spacial score (nSPS) is 14.5. The fraction of sp³-hybridized carbons (Fsp3) is 0.423. The number of unbranched alkanes of at least 4 members (excludes halogenated alkanes) is 1. The summed E-state index contributed by atoms with van der Waals surface area (Å²) in [5.41, 5.74) is 4.96. The number of nitrogens with one attached hydrogen (secondary N) is 1. The third kappa shape index (κ3) is 4.58. The van der Waals surface area contributed by atoms with E-state index in [9.17, 15) is 4.79 Å². The van der Waals surface area contributed by atoms with Gasteiger partial charge in [0.1, 0.15) is 0 Å². The van der Waals surface area contributed by atoms with Crippen LogP contribution in [0.1, 0.15) is 69.2 Å². The van der Waals surface area contributed by atoms with Crippen molar-refractivity contribution in [2.45, 2.75) is 70.9 Å². The highest BCUT2D eigenvalue weighted by Crippen LogP contribution is 2.29. The smallest absolute Gasteiger partial charge is 0.296 e. The molecule has 34 heavy (non-hydrogen) atoms. The number of benzene rings is 1. The lowest BCUT2D eigenvalue weighted by atomic mass is 9.95. The zero-order chi connectivity index (χ0) is 23.3. The van der Waals surface area contributed by atoms with Crippen LogP contribution >= 0.6 is 0 Å². The Morgan fingerprint density at radius 3 is 2.59 bits per heavy atom. The zero-order valence-corrected chi connectivity index (χ0v) is 19.7. The molecule has 1 aromatic carbocycles. The van der Waals surface area contributed by atoms with E-state index in [2.05, 4.69) is 39.8 Å². The molecule has 0 atom stereocenters. The van der Waals surface area contributed by atoms with Gasteiger partial charge in [-0.25, -0.2) is 9.89 Å². The Morgan fingerprint density at radius 2 is 1.88 bits per heavy atom. The highest BCUT2D eigenvalue weighted by atomic mass is 16.1. The number of aromatic amines is 1. The van der Waals surface area contributed by atoms with Crippen molar-refractivity contribution in [3.8, 4) is 22.6 Å². The summed E-state index contributed by atoms with van der Waals surface area (Å²) in [6.45, 7) is 2.73. The van der Waals surface area contributed by atoms with Gasteiger partial charge in [-0.3, -0.25) is 14.1 Å². The van der Waals surface area contributed by atoms with E-state index in [0.29, 0.717) is 18.4 Å². The third-order valence-electron chi connectivity index (χ3n) is 6.81. The minimum Gasteiger partial charge on any atom is -0.296 e. The van der Waals surface area contributed by atoms with Gasteiger partial charge in [0.15, 0.2) is 5.82 Å². The minimum absolute atomic E-state index is 0.116. The number of nitrogens with zero attached hydrogens (tertiary/aromatic N) is 6. The molecule has 3 aromatic heterocycles. The molecule has 8 nitrogen and oxygen atoms in total. The Bertz CT molecular complexity index is 1270. The van der Waals surface area contributed by atoms with E-state index < -0.39 is 0 Å². The van der Waals surface area contributed by atoms with E-state index in [1.165, 1.54) is 19.3 Å². The van der Waals surface area contributed by atoms with Gasteiger partial charge in [0, 0.05) is 35.3 Å². The summed E-state index contributed by atoms with van der Waals surface area (Å²) in [6, 6.07) is 12.3. The van der Waals surface area contributed by atoms with E-state index in [-0.39, 0.29) is 5.69 Å². The molecule has 5 rings (SSSR count). The van der Waals surface area contributed by atoms with Gasteiger partial charge in [-0.1, -0.05) is 62.9 Å². The molecule has 176 valence electrons. The molecule has 0 unspecified atom stereocenters. The molecule has 1 N–H and O–H groups in total. The quantitative estimate of drug-likeness (QED) is 0.411. The van der Waals surface area contributed by atoms with Crippen molar-refractivity contribution in [3.05, 3.63) is 70.5 Å². The fourth-order valence-electron chi connectivity index (χ4n) is 4.94. The number of rotatable bonds is 8. The lowest BCUT2D eigenvalue weighted by Gasteiger charge is -2.22. The second-order valence-electron chi connectivity index (χ2n) is 9.14. The van der Waals surface area contributed by atoms with Crippen LogP contribution in [0.3, 0.4) is 0 Å². The van der Waals surface area contributed by atoms with E-state index in [1.54, 1.807) is 0 Å². The molecule has 1 aliphatic rings. The fourth-order valence-corrected chi connectivity index (χ4v) is 4.94. The van der Waals surface area contributed by atoms with Crippen molar-refractivity contribution in [1.29, 1.82) is 0 Å². The maximum absolute atomic E-state index is 13.4. The van der Waals surface area contributed by atoms with Crippen LogP contribution in [0, 0.1) is 0 Å². The van der Waals surface area contributed by atoms with Crippen molar-refractivity contribution in [3.63, 3.8) is 0 Å². The average Bonchev–Trinajstić information content (AvgIpc) is 3.53. The summed E-state index contributed by atoms with van der Waals surface area (Å²) in [4.78, 5) is 18.1. The number of pyridine rings is 1. The third-order valence-corrected chi connectivity index (χ3v) is 6.81. The number of H-pyrrole nitrogens is 1. The first kappa shape index (κ1) is 22.3. The second kappa shape index (κ2) is 10.2. The predicted molar refractivity (Wildman–Crippen MR) is 131 cm³/mol. The minimum atomic E-state index is 0.116. The second-order valence-corrected chi connectivity index (χ2v) is 9.14. The van der Waals surface area contributed by atoms with E-state index >= 15 is 0 Å². The van der Waals surface area contributed by atoms with Crippen LogP contribution in [0.5, 0.6) is 0 Å². The van der Waals surface area contributed by atoms with E-state index in [4.69, 9.17) is 4.98 Å². The first-order valence-corrected chi connectivity index (χ1v) is 12.3. The first-order valence-electron chi connectivity index (χ1n) is 12.3. The maximum atomic E-state index is 13.4. The molecule has 4 aromatic rings. The summed E-state index contributed by atoms with van der Waals surface area (Å²) in [5, 5.41) is 14.3. The Hall–Kier alpha value is -3.55. The molecule has 0 radical (unpaired) electrons. The molecule has 0 bridgehead atoms. The van der Waals surface area contributed by atoms with Gasteiger partial charge in [-0.2, -0.15) is 0 Å². The van der Waals surface area contributed by atoms with Gasteiger partial charge in [0.2, 0.25) is 0 Å². The molecule has 0 aliphatic heterocycles. The molecule has 8 heteroatoms. The summed E-state index contributed by atoms with van der Waals surface area (Å²) >= 11 is 0. The first-order chi connectivity index (χ1) is 16.7. The summed E-state index contributed by atoms with van der Waals surface area (Å²) in [5.74, 6) is 0.609. The van der Waals surface area contributed by atoms with Crippen molar-refractivity contribution >= 4 is 0 Å². The molecule has 0 amide bonds. The molecular weight excluding hydrogens is 426 g/mol. The molecule has 0 saturated heterocycles. The molecule has 1 fully saturated rings. The van der Waals surface area contributed by atoms with Crippen molar-refractivity contribution in [1.82, 2.24) is 34.7 Å². The molecule has 3 heterocycles. The molecule has 1 aliphatic carbocycles. The van der Waals surface area contributed by atoms with Crippen LogP contribution < -0.4 is 5.69 Å². The summed E-state index contributed by atoms with van der Waals surface area (Å²) in [7, 11) is 0. The van der Waals surface area contributed by atoms with Crippen molar-refractivity contribution in [2.24, 2.45) is 0 Å². The number of imidazole rings is 1. The summed E-state index contributed by atoms with van der Waals surface area (Å²) in [6.07, 6.45) is 13.0. The van der Waals surface area contributed by atoms with E-state index in [0.717, 1.165) is 60.2 Å².